The van der Waals surface area contributed by atoms with Crippen molar-refractivity contribution in [2.45, 2.75) is 72.3 Å². The van der Waals surface area contributed by atoms with E-state index in [1.54, 1.807) is 0 Å². The summed E-state index contributed by atoms with van der Waals surface area (Å²) in [6.07, 6.45) is 27.9. The largest absolute Gasteiger partial charge is 0.307 e. The molecule has 0 amide bonds. The summed E-state index contributed by atoms with van der Waals surface area (Å²) in [6, 6.07) is -0.165. The molecule has 5 unspecified atom stereocenters. The minimum absolute atomic E-state index is 0.0454. The van der Waals surface area contributed by atoms with Gasteiger partial charge in [0.15, 0.2) is 5.78 Å². The molecule has 2 rings (SSSR count). The number of carbonyl (C=O) groups excluding carboxylic acids is 1. The molecule has 0 heterocycles. The predicted octanol–water partition coefficient (Wildman–Crippen LogP) is 7.43. The van der Waals surface area contributed by atoms with E-state index < -0.39 is 0 Å². The highest BCUT2D eigenvalue weighted by Gasteiger charge is 2.40. The zero-order chi connectivity index (χ0) is 24.1. The number of hydrogen-bond donors (Lipinski definition) is 2. The van der Waals surface area contributed by atoms with E-state index in [2.05, 4.69) is 106 Å². The lowest BCUT2D eigenvalue weighted by molar-refractivity contribution is -0.123. The average Bonchev–Trinajstić information content (AvgIpc) is 3.57. The van der Waals surface area contributed by atoms with Gasteiger partial charge in [-0.1, -0.05) is 108 Å². The Hall–Kier alpha value is -1.58. The lowest BCUT2D eigenvalue weighted by Gasteiger charge is -2.20. The summed E-state index contributed by atoms with van der Waals surface area (Å²) in [5.41, 5.74) is 2.49. The van der Waals surface area contributed by atoms with Crippen LogP contribution in [-0.4, -0.2) is 24.1 Å². The lowest BCUT2D eigenvalue weighted by Crippen LogP contribution is -2.42. The van der Waals surface area contributed by atoms with Crippen LogP contribution in [-0.2, 0) is 4.79 Å². The first-order valence-electron chi connectivity index (χ1n) is 13.0. The molecule has 2 aliphatic rings. The number of carbonyl (C=O) groups is 1. The highest BCUT2D eigenvalue weighted by Crippen LogP contribution is 2.45. The molecule has 1 saturated carbocycles. The molecule has 2 nitrogen and oxygen atoms in total. The molecule has 5 atom stereocenters. The maximum absolute atomic E-state index is 13.2. The molecule has 2 aliphatic carbocycles. The Morgan fingerprint density at radius 2 is 1.67 bits per heavy atom. The van der Waals surface area contributed by atoms with E-state index >= 15 is 0 Å². The standard InChI is InChI=1S/C30H45NOS/c1-5-13-23(3)28-20-27(28)21-31-29(22-33)30(32)24(4)19-26-17-10-8-7-9-15-25(14-6-2)16-11-12-18-26/h7-12,15-18,23-24,27-29,31,33H,5-6,13-14,19-22H2,1-4H3. The number of ketones is 1. The molecule has 1 fully saturated rings. The second-order valence-electron chi connectivity index (χ2n) is 9.80. The first-order chi connectivity index (χ1) is 16.0. The van der Waals surface area contributed by atoms with Crippen LogP contribution in [0.25, 0.3) is 0 Å². The molecule has 0 aromatic heterocycles. The molecule has 0 spiro atoms. The SMILES string of the molecule is CCCC1=CC=CC=C(CC(C)C(=O)C(CS)NCC2CC2C(C)CCC)C=CC=CC=C1. The predicted molar refractivity (Wildman–Crippen MR) is 148 cm³/mol. The summed E-state index contributed by atoms with van der Waals surface area (Å²) < 4.78 is 0. The molecule has 182 valence electrons. The van der Waals surface area contributed by atoms with Crippen LogP contribution in [0, 0.1) is 23.7 Å². The zero-order valence-electron chi connectivity index (χ0n) is 21.2. The molecule has 33 heavy (non-hydrogen) atoms. The minimum Gasteiger partial charge on any atom is -0.307 e. The Kier molecular flexibility index (Phi) is 12.9. The smallest absolute Gasteiger partial charge is 0.153 e. The van der Waals surface area contributed by atoms with Crippen molar-refractivity contribution in [3.05, 3.63) is 71.9 Å². The van der Waals surface area contributed by atoms with Crippen LogP contribution in [0.3, 0.4) is 0 Å². The van der Waals surface area contributed by atoms with Crippen molar-refractivity contribution in [3.63, 3.8) is 0 Å². The summed E-state index contributed by atoms with van der Waals surface area (Å²) in [5.74, 6) is 3.15. The first-order valence-corrected chi connectivity index (χ1v) is 13.6. The fourth-order valence-electron chi connectivity index (χ4n) is 4.77. The molecule has 1 N–H and O–H groups in total. The van der Waals surface area contributed by atoms with Gasteiger partial charge in [0.25, 0.3) is 0 Å². The van der Waals surface area contributed by atoms with E-state index in [0.29, 0.717) is 5.75 Å². The minimum atomic E-state index is -0.165. The van der Waals surface area contributed by atoms with E-state index in [1.165, 1.54) is 30.4 Å². The van der Waals surface area contributed by atoms with Crippen LogP contribution in [0.5, 0.6) is 0 Å². The van der Waals surface area contributed by atoms with Crippen LogP contribution in [0.1, 0.15) is 66.2 Å². The van der Waals surface area contributed by atoms with Crippen molar-refractivity contribution < 1.29 is 4.79 Å². The maximum atomic E-state index is 13.2. The number of nitrogens with one attached hydrogen (secondary N) is 1. The van der Waals surface area contributed by atoms with Gasteiger partial charge < -0.3 is 5.32 Å². The Balaban J connectivity index is 1.94. The number of thiol groups is 1. The van der Waals surface area contributed by atoms with Gasteiger partial charge in [-0.3, -0.25) is 4.79 Å². The molecule has 0 bridgehead atoms. The van der Waals surface area contributed by atoms with Gasteiger partial charge in [-0.15, -0.1) is 0 Å². The van der Waals surface area contributed by atoms with E-state index in [9.17, 15) is 4.79 Å². The lowest BCUT2D eigenvalue weighted by atomic mass is 9.92. The Labute approximate surface area is 208 Å². The van der Waals surface area contributed by atoms with Crippen LogP contribution < -0.4 is 5.32 Å². The zero-order valence-corrected chi connectivity index (χ0v) is 22.1. The van der Waals surface area contributed by atoms with Gasteiger partial charge in [0, 0.05) is 11.7 Å². The number of hydrogen-bond acceptors (Lipinski definition) is 3. The van der Waals surface area contributed by atoms with Gasteiger partial charge in [0.1, 0.15) is 0 Å². The molecule has 0 radical (unpaired) electrons. The fourth-order valence-corrected chi connectivity index (χ4v) is 5.07. The number of rotatable bonds is 13. The van der Waals surface area contributed by atoms with Gasteiger partial charge in [-0.25, -0.2) is 0 Å². The third-order valence-corrected chi connectivity index (χ3v) is 7.22. The van der Waals surface area contributed by atoms with Gasteiger partial charge in [0.05, 0.1) is 6.04 Å². The first kappa shape index (κ1) is 27.7. The monoisotopic (exact) mass is 467 g/mol. The van der Waals surface area contributed by atoms with Gasteiger partial charge in [0.2, 0.25) is 0 Å². The van der Waals surface area contributed by atoms with Crippen LogP contribution in [0.15, 0.2) is 71.9 Å². The van der Waals surface area contributed by atoms with E-state index in [0.717, 1.165) is 43.6 Å². The molecular formula is C30H45NOS. The molecule has 0 saturated heterocycles. The molecule has 0 aliphatic heterocycles. The second-order valence-corrected chi connectivity index (χ2v) is 10.2. The average molecular weight is 468 g/mol. The second kappa shape index (κ2) is 15.3. The van der Waals surface area contributed by atoms with Crippen molar-refractivity contribution in [2.75, 3.05) is 12.3 Å². The third-order valence-electron chi connectivity index (χ3n) is 6.86. The third kappa shape index (κ3) is 10.1. The van der Waals surface area contributed by atoms with Crippen LogP contribution >= 0.6 is 12.6 Å². The maximum Gasteiger partial charge on any atom is 0.153 e. The molecule has 3 heteroatoms. The fraction of sp³-hybridized carbons (Fsp3) is 0.567. The van der Waals surface area contributed by atoms with E-state index in [-0.39, 0.29) is 17.7 Å². The van der Waals surface area contributed by atoms with E-state index in [1.807, 2.05) is 0 Å². The highest BCUT2D eigenvalue weighted by atomic mass is 32.1. The van der Waals surface area contributed by atoms with Crippen molar-refractivity contribution in [3.8, 4) is 0 Å². The van der Waals surface area contributed by atoms with Crippen molar-refractivity contribution >= 4 is 18.4 Å². The Morgan fingerprint density at radius 1 is 1.00 bits per heavy atom. The molecule has 0 aromatic carbocycles. The summed E-state index contributed by atoms with van der Waals surface area (Å²) in [4.78, 5) is 13.2. The number of allylic oxidation sites excluding steroid dienone is 12. The number of Topliss-reactive ketones (excluding diaryl/α,β-unsaturated/α-hetero) is 1. The van der Waals surface area contributed by atoms with Crippen LogP contribution in [0.4, 0.5) is 0 Å². The topological polar surface area (TPSA) is 29.1 Å². The van der Waals surface area contributed by atoms with E-state index in [4.69, 9.17) is 0 Å². The van der Waals surface area contributed by atoms with Gasteiger partial charge in [-0.05, 0) is 54.7 Å². The van der Waals surface area contributed by atoms with Crippen molar-refractivity contribution in [2.24, 2.45) is 23.7 Å². The van der Waals surface area contributed by atoms with Gasteiger partial charge in [-0.2, -0.15) is 12.6 Å². The summed E-state index contributed by atoms with van der Waals surface area (Å²) in [7, 11) is 0. The summed E-state index contributed by atoms with van der Waals surface area (Å²) >= 11 is 4.50. The Morgan fingerprint density at radius 3 is 2.30 bits per heavy atom. The van der Waals surface area contributed by atoms with Crippen molar-refractivity contribution in [1.82, 2.24) is 5.32 Å². The normalized spacial score (nSPS) is 23.2. The summed E-state index contributed by atoms with van der Waals surface area (Å²) in [5, 5.41) is 3.54. The van der Waals surface area contributed by atoms with Crippen LogP contribution in [0.2, 0.25) is 0 Å². The summed E-state index contributed by atoms with van der Waals surface area (Å²) in [6.45, 7) is 9.84. The highest BCUT2D eigenvalue weighted by molar-refractivity contribution is 7.80. The molecular weight excluding hydrogens is 422 g/mol. The van der Waals surface area contributed by atoms with Gasteiger partial charge >= 0.3 is 0 Å². The Bertz CT molecular complexity index is 785. The quantitative estimate of drug-likeness (QED) is 0.276. The van der Waals surface area contributed by atoms with Crippen molar-refractivity contribution in [1.29, 1.82) is 0 Å². The molecule has 0 aromatic rings.